The monoisotopic (exact) mass is 287 g/mol. The lowest BCUT2D eigenvalue weighted by Crippen LogP contribution is -2.31. The summed E-state index contributed by atoms with van der Waals surface area (Å²) in [7, 11) is 0. The Morgan fingerprint density at radius 2 is 2.27 bits per heavy atom. The number of hydrogen-bond acceptors (Lipinski definition) is 2. The molecule has 3 nitrogen and oxygen atoms in total. The summed E-state index contributed by atoms with van der Waals surface area (Å²) < 4.78 is 0.871. The number of rotatable bonds is 2. The van der Waals surface area contributed by atoms with Crippen molar-refractivity contribution in [3.63, 3.8) is 0 Å². The van der Waals surface area contributed by atoms with Gasteiger partial charge in [0.1, 0.15) is 5.84 Å². The summed E-state index contributed by atoms with van der Waals surface area (Å²) in [6.07, 6.45) is 2.30. The molecule has 0 aromatic heterocycles. The molecule has 0 atom stereocenters. The van der Waals surface area contributed by atoms with Gasteiger partial charge in [0.25, 0.3) is 0 Å². The molecule has 0 amide bonds. The molecule has 1 fully saturated rings. The van der Waals surface area contributed by atoms with Gasteiger partial charge in [-0.25, -0.2) is 5.84 Å². The number of aliphatic imine (C=N–C) groups is 1. The largest absolute Gasteiger partial charge is 0.308 e. The van der Waals surface area contributed by atoms with Crippen LogP contribution in [0, 0.1) is 0 Å². The standard InChI is InChI=1S/C10H11BrClN3/c11-8-4-1-6(5-9(8)12)10(15-13)14-7-2-3-7/h1,4-5,7H,2-3,13H2,(H,14,15). The van der Waals surface area contributed by atoms with E-state index in [-0.39, 0.29) is 0 Å². The lowest BCUT2D eigenvalue weighted by atomic mass is 10.2. The second kappa shape index (κ2) is 4.51. The number of nitrogens with two attached hydrogens (primary N) is 1. The van der Waals surface area contributed by atoms with Gasteiger partial charge in [-0.3, -0.25) is 4.99 Å². The van der Waals surface area contributed by atoms with Crippen LogP contribution in [-0.2, 0) is 0 Å². The first-order chi connectivity index (χ1) is 7.20. The SMILES string of the molecule is NNC(=NC1CC1)c1ccc(Br)c(Cl)c1. The number of hydrogen-bond donors (Lipinski definition) is 2. The zero-order chi connectivity index (χ0) is 10.8. The Morgan fingerprint density at radius 1 is 1.53 bits per heavy atom. The Balaban J connectivity index is 2.29. The van der Waals surface area contributed by atoms with Crippen molar-refractivity contribution in [2.75, 3.05) is 0 Å². The minimum absolute atomic E-state index is 0.429. The van der Waals surface area contributed by atoms with E-state index in [4.69, 9.17) is 17.4 Å². The van der Waals surface area contributed by atoms with Crippen LogP contribution in [0.25, 0.3) is 0 Å². The third kappa shape index (κ3) is 2.71. The predicted molar refractivity (Wildman–Crippen MR) is 66.0 cm³/mol. The minimum atomic E-state index is 0.429. The number of halogens is 2. The Morgan fingerprint density at radius 3 is 2.80 bits per heavy atom. The van der Waals surface area contributed by atoms with Gasteiger partial charge >= 0.3 is 0 Å². The number of benzene rings is 1. The first-order valence-electron chi connectivity index (χ1n) is 4.70. The van der Waals surface area contributed by atoms with Crippen LogP contribution in [0.1, 0.15) is 18.4 Å². The van der Waals surface area contributed by atoms with Crippen LogP contribution in [0.15, 0.2) is 27.7 Å². The molecule has 2 rings (SSSR count). The maximum Gasteiger partial charge on any atom is 0.142 e. The number of hydrazine groups is 1. The molecule has 0 heterocycles. The average Bonchev–Trinajstić information content (AvgIpc) is 3.02. The van der Waals surface area contributed by atoms with Crippen LogP contribution >= 0.6 is 27.5 Å². The summed E-state index contributed by atoms with van der Waals surface area (Å²) in [5.41, 5.74) is 3.53. The number of nitrogens with zero attached hydrogens (tertiary/aromatic N) is 1. The topological polar surface area (TPSA) is 50.4 Å². The molecule has 3 N–H and O–H groups in total. The van der Waals surface area contributed by atoms with Crippen LogP contribution in [0.2, 0.25) is 5.02 Å². The minimum Gasteiger partial charge on any atom is -0.308 e. The smallest absolute Gasteiger partial charge is 0.142 e. The highest BCUT2D eigenvalue weighted by atomic mass is 79.9. The van der Waals surface area contributed by atoms with E-state index in [1.807, 2.05) is 18.2 Å². The van der Waals surface area contributed by atoms with E-state index in [9.17, 15) is 0 Å². The summed E-state index contributed by atoms with van der Waals surface area (Å²) in [6.45, 7) is 0. The third-order valence-corrected chi connectivity index (χ3v) is 3.42. The normalized spacial score (nSPS) is 16.6. The van der Waals surface area contributed by atoms with Gasteiger partial charge < -0.3 is 5.43 Å². The summed E-state index contributed by atoms with van der Waals surface area (Å²) in [6, 6.07) is 6.08. The summed E-state index contributed by atoms with van der Waals surface area (Å²) in [5.74, 6) is 6.13. The molecule has 0 spiro atoms. The molecular formula is C10H11BrClN3. The van der Waals surface area contributed by atoms with E-state index in [0.29, 0.717) is 16.9 Å². The molecule has 15 heavy (non-hydrogen) atoms. The molecule has 1 aromatic carbocycles. The molecule has 0 saturated heterocycles. The number of amidine groups is 1. The van der Waals surface area contributed by atoms with Crippen molar-refractivity contribution in [3.8, 4) is 0 Å². The highest BCUT2D eigenvalue weighted by Crippen LogP contribution is 2.26. The predicted octanol–water partition coefficient (Wildman–Crippen LogP) is 2.47. The Kier molecular flexibility index (Phi) is 3.29. The van der Waals surface area contributed by atoms with Crippen LogP contribution in [0.3, 0.4) is 0 Å². The lowest BCUT2D eigenvalue weighted by molar-refractivity contribution is 0.971. The molecule has 0 bridgehead atoms. The van der Waals surface area contributed by atoms with Crippen molar-refractivity contribution in [1.29, 1.82) is 0 Å². The van der Waals surface area contributed by atoms with Gasteiger partial charge in [0.05, 0.1) is 11.1 Å². The van der Waals surface area contributed by atoms with E-state index >= 15 is 0 Å². The highest BCUT2D eigenvalue weighted by molar-refractivity contribution is 9.10. The lowest BCUT2D eigenvalue weighted by Gasteiger charge is -2.06. The van der Waals surface area contributed by atoms with Crippen molar-refractivity contribution >= 4 is 33.4 Å². The highest BCUT2D eigenvalue weighted by Gasteiger charge is 2.21. The molecule has 1 saturated carbocycles. The van der Waals surface area contributed by atoms with Gasteiger partial charge in [0, 0.05) is 10.0 Å². The van der Waals surface area contributed by atoms with E-state index in [2.05, 4.69) is 26.3 Å². The molecular weight excluding hydrogens is 277 g/mol. The number of nitrogens with one attached hydrogen (secondary N) is 1. The van der Waals surface area contributed by atoms with E-state index in [0.717, 1.165) is 22.9 Å². The second-order valence-corrected chi connectivity index (χ2v) is 4.74. The fraction of sp³-hybridized carbons (Fsp3) is 0.300. The van der Waals surface area contributed by atoms with Crippen molar-refractivity contribution in [2.24, 2.45) is 10.8 Å². The molecule has 0 radical (unpaired) electrons. The van der Waals surface area contributed by atoms with E-state index < -0.39 is 0 Å². The van der Waals surface area contributed by atoms with Gasteiger partial charge in [-0.05, 0) is 40.9 Å². The van der Waals surface area contributed by atoms with Gasteiger partial charge in [-0.15, -0.1) is 0 Å². The summed E-state index contributed by atoms with van der Waals surface area (Å²) in [4.78, 5) is 4.45. The molecule has 1 aliphatic carbocycles. The summed E-state index contributed by atoms with van der Waals surface area (Å²) >= 11 is 9.34. The van der Waals surface area contributed by atoms with Crippen molar-refractivity contribution in [3.05, 3.63) is 33.3 Å². The van der Waals surface area contributed by atoms with Gasteiger partial charge in [0.2, 0.25) is 0 Å². The van der Waals surface area contributed by atoms with Crippen molar-refractivity contribution in [2.45, 2.75) is 18.9 Å². The van der Waals surface area contributed by atoms with E-state index in [1.165, 1.54) is 0 Å². The second-order valence-electron chi connectivity index (χ2n) is 3.48. The molecule has 5 heteroatoms. The van der Waals surface area contributed by atoms with Crippen LogP contribution in [0.5, 0.6) is 0 Å². The molecule has 80 valence electrons. The molecule has 0 aliphatic heterocycles. The molecule has 0 unspecified atom stereocenters. The average molecular weight is 289 g/mol. The van der Waals surface area contributed by atoms with Gasteiger partial charge in [-0.2, -0.15) is 0 Å². The quantitative estimate of drug-likeness (QED) is 0.380. The fourth-order valence-electron chi connectivity index (χ4n) is 1.22. The van der Waals surface area contributed by atoms with Crippen LogP contribution in [0.4, 0.5) is 0 Å². The Bertz CT molecular complexity index is 402. The fourth-order valence-corrected chi connectivity index (χ4v) is 1.65. The summed E-state index contributed by atoms with van der Waals surface area (Å²) in [5, 5.41) is 0.659. The van der Waals surface area contributed by atoms with Crippen molar-refractivity contribution < 1.29 is 0 Å². The molecule has 1 aromatic rings. The van der Waals surface area contributed by atoms with Crippen molar-refractivity contribution in [1.82, 2.24) is 5.43 Å². The Hall–Kier alpha value is -0.580. The zero-order valence-electron chi connectivity index (χ0n) is 8.00. The first-order valence-corrected chi connectivity index (χ1v) is 5.87. The van der Waals surface area contributed by atoms with Gasteiger partial charge in [-0.1, -0.05) is 17.7 Å². The maximum atomic E-state index is 6.00. The Labute approximate surface area is 102 Å². The maximum absolute atomic E-state index is 6.00. The third-order valence-electron chi connectivity index (χ3n) is 2.19. The van der Waals surface area contributed by atoms with E-state index in [1.54, 1.807) is 0 Å². The van der Waals surface area contributed by atoms with Crippen LogP contribution in [-0.4, -0.2) is 11.9 Å². The first kappa shape index (κ1) is 10.9. The molecule has 1 aliphatic rings. The van der Waals surface area contributed by atoms with Crippen LogP contribution < -0.4 is 11.3 Å². The van der Waals surface area contributed by atoms with Gasteiger partial charge in [0.15, 0.2) is 0 Å². The zero-order valence-corrected chi connectivity index (χ0v) is 10.3.